The van der Waals surface area contributed by atoms with Crippen molar-refractivity contribution in [3.8, 4) is 0 Å². The van der Waals surface area contributed by atoms with Crippen LogP contribution in [0.2, 0.25) is 0 Å². The standard InChI is InChI=1S/C13H11N3O4/c17-8-9-1-6-12(14-7-9)15-13(18)10-2-4-11(5-3-10)16(19)20/h1-7,17H,8H2,(H,14,15,18). The molecule has 102 valence electrons. The lowest BCUT2D eigenvalue weighted by Crippen LogP contribution is -2.12. The van der Waals surface area contributed by atoms with E-state index in [2.05, 4.69) is 10.3 Å². The second-order valence-corrected chi connectivity index (χ2v) is 3.97. The summed E-state index contributed by atoms with van der Waals surface area (Å²) in [6, 6.07) is 8.47. The minimum atomic E-state index is -0.531. The number of hydrogen-bond donors (Lipinski definition) is 2. The van der Waals surface area contributed by atoms with Crippen LogP contribution in [-0.2, 0) is 6.61 Å². The molecule has 0 aliphatic rings. The van der Waals surface area contributed by atoms with Crippen LogP contribution in [-0.4, -0.2) is 20.9 Å². The van der Waals surface area contributed by atoms with Crippen LogP contribution < -0.4 is 5.32 Å². The molecule has 0 bridgehead atoms. The molecule has 0 atom stereocenters. The number of carbonyl (C=O) groups is 1. The topological polar surface area (TPSA) is 105 Å². The van der Waals surface area contributed by atoms with E-state index in [1.165, 1.54) is 30.5 Å². The maximum Gasteiger partial charge on any atom is 0.269 e. The molecule has 0 radical (unpaired) electrons. The third-order valence-corrected chi connectivity index (χ3v) is 2.59. The predicted octanol–water partition coefficient (Wildman–Crippen LogP) is 1.73. The van der Waals surface area contributed by atoms with Crippen molar-refractivity contribution in [2.24, 2.45) is 0 Å². The summed E-state index contributed by atoms with van der Waals surface area (Å²) in [5.74, 6) is -0.0744. The van der Waals surface area contributed by atoms with Crippen molar-refractivity contribution in [3.05, 3.63) is 63.8 Å². The Morgan fingerprint density at radius 2 is 1.95 bits per heavy atom. The molecule has 0 aliphatic carbocycles. The molecular formula is C13H11N3O4. The zero-order valence-corrected chi connectivity index (χ0v) is 10.3. The Morgan fingerprint density at radius 3 is 2.45 bits per heavy atom. The van der Waals surface area contributed by atoms with Crippen LogP contribution in [0.5, 0.6) is 0 Å². The fraction of sp³-hybridized carbons (Fsp3) is 0.0769. The van der Waals surface area contributed by atoms with Crippen LogP contribution >= 0.6 is 0 Å². The van der Waals surface area contributed by atoms with Gasteiger partial charge in [-0.05, 0) is 23.8 Å². The summed E-state index contributed by atoms with van der Waals surface area (Å²) < 4.78 is 0. The fourth-order valence-corrected chi connectivity index (χ4v) is 1.51. The second kappa shape index (κ2) is 5.89. The van der Waals surface area contributed by atoms with E-state index in [1.54, 1.807) is 12.1 Å². The molecule has 0 saturated carbocycles. The average Bonchev–Trinajstić information content (AvgIpc) is 2.48. The Morgan fingerprint density at radius 1 is 1.25 bits per heavy atom. The Hall–Kier alpha value is -2.80. The van der Waals surface area contributed by atoms with Crippen LogP contribution in [0, 0.1) is 10.1 Å². The van der Waals surface area contributed by atoms with Crippen molar-refractivity contribution in [1.29, 1.82) is 0 Å². The molecule has 0 saturated heterocycles. The van der Waals surface area contributed by atoms with Gasteiger partial charge in [0.05, 0.1) is 11.5 Å². The largest absolute Gasteiger partial charge is 0.392 e. The van der Waals surface area contributed by atoms with Crippen LogP contribution in [0.4, 0.5) is 11.5 Å². The maximum atomic E-state index is 11.9. The highest BCUT2D eigenvalue weighted by atomic mass is 16.6. The normalized spacial score (nSPS) is 10.1. The molecule has 20 heavy (non-hydrogen) atoms. The number of nitrogens with one attached hydrogen (secondary N) is 1. The van der Waals surface area contributed by atoms with Crippen LogP contribution in [0.15, 0.2) is 42.6 Å². The van der Waals surface area contributed by atoms with E-state index in [0.717, 1.165) is 0 Å². The number of pyridine rings is 1. The van der Waals surface area contributed by atoms with E-state index in [4.69, 9.17) is 5.11 Å². The predicted molar refractivity (Wildman–Crippen MR) is 71.2 cm³/mol. The lowest BCUT2D eigenvalue weighted by atomic mass is 10.2. The minimum Gasteiger partial charge on any atom is -0.392 e. The minimum absolute atomic E-state index is 0.0769. The Kier molecular flexibility index (Phi) is 4.02. The monoisotopic (exact) mass is 273 g/mol. The molecule has 2 N–H and O–H groups in total. The molecule has 0 fully saturated rings. The summed E-state index contributed by atoms with van der Waals surface area (Å²) in [5, 5.41) is 21.9. The zero-order chi connectivity index (χ0) is 14.5. The molecule has 2 aromatic rings. The molecule has 2 rings (SSSR count). The van der Waals surface area contributed by atoms with Gasteiger partial charge in [-0.2, -0.15) is 0 Å². The maximum absolute atomic E-state index is 11.9. The molecule has 7 nitrogen and oxygen atoms in total. The fourth-order valence-electron chi connectivity index (χ4n) is 1.51. The quantitative estimate of drug-likeness (QED) is 0.652. The number of nitro groups is 1. The first-order chi connectivity index (χ1) is 9.60. The Labute approximate surface area is 114 Å². The molecule has 1 heterocycles. The van der Waals surface area contributed by atoms with Gasteiger partial charge >= 0.3 is 0 Å². The van der Waals surface area contributed by atoms with Gasteiger partial charge in [-0.25, -0.2) is 4.98 Å². The number of nitrogens with zero attached hydrogens (tertiary/aromatic N) is 2. The van der Waals surface area contributed by atoms with E-state index in [-0.39, 0.29) is 12.3 Å². The van der Waals surface area contributed by atoms with Crippen molar-refractivity contribution < 1.29 is 14.8 Å². The van der Waals surface area contributed by atoms with Gasteiger partial charge in [0, 0.05) is 23.9 Å². The van der Waals surface area contributed by atoms with Crippen molar-refractivity contribution in [2.45, 2.75) is 6.61 Å². The number of carbonyl (C=O) groups excluding carboxylic acids is 1. The molecule has 1 aromatic heterocycles. The van der Waals surface area contributed by atoms with Gasteiger partial charge in [-0.15, -0.1) is 0 Å². The van der Waals surface area contributed by atoms with Crippen LogP contribution in [0.3, 0.4) is 0 Å². The highest BCUT2D eigenvalue weighted by Crippen LogP contribution is 2.13. The zero-order valence-electron chi connectivity index (χ0n) is 10.3. The number of benzene rings is 1. The number of aromatic nitrogens is 1. The van der Waals surface area contributed by atoms with E-state index < -0.39 is 10.8 Å². The average molecular weight is 273 g/mol. The number of anilines is 1. The number of aliphatic hydroxyl groups excluding tert-OH is 1. The van der Waals surface area contributed by atoms with Gasteiger partial charge in [0.1, 0.15) is 5.82 Å². The highest BCUT2D eigenvalue weighted by molar-refractivity contribution is 6.03. The lowest BCUT2D eigenvalue weighted by molar-refractivity contribution is -0.384. The van der Waals surface area contributed by atoms with E-state index in [0.29, 0.717) is 16.9 Å². The summed E-state index contributed by atoms with van der Waals surface area (Å²) in [6.45, 7) is -0.121. The third-order valence-electron chi connectivity index (χ3n) is 2.59. The van der Waals surface area contributed by atoms with Gasteiger partial charge < -0.3 is 10.4 Å². The Balaban J connectivity index is 2.08. The van der Waals surface area contributed by atoms with Gasteiger partial charge in [0.2, 0.25) is 0 Å². The second-order valence-electron chi connectivity index (χ2n) is 3.97. The first-order valence-corrected chi connectivity index (χ1v) is 5.72. The number of nitro benzene ring substituents is 1. The van der Waals surface area contributed by atoms with Gasteiger partial charge in [0.15, 0.2) is 0 Å². The molecule has 7 heteroatoms. The van der Waals surface area contributed by atoms with Crippen molar-refractivity contribution in [1.82, 2.24) is 4.98 Å². The Bertz CT molecular complexity index is 623. The molecule has 1 aromatic carbocycles. The number of hydrogen-bond acceptors (Lipinski definition) is 5. The molecule has 0 unspecified atom stereocenters. The van der Waals surface area contributed by atoms with E-state index in [9.17, 15) is 14.9 Å². The molecular weight excluding hydrogens is 262 g/mol. The number of non-ortho nitro benzene ring substituents is 1. The summed E-state index contributed by atoms with van der Waals surface area (Å²) in [6.07, 6.45) is 1.45. The van der Waals surface area contributed by atoms with Crippen LogP contribution in [0.25, 0.3) is 0 Å². The van der Waals surface area contributed by atoms with Crippen molar-refractivity contribution in [3.63, 3.8) is 0 Å². The van der Waals surface area contributed by atoms with Crippen LogP contribution in [0.1, 0.15) is 15.9 Å². The first kappa shape index (κ1) is 13.6. The summed E-state index contributed by atoms with van der Waals surface area (Å²) in [7, 11) is 0. The SMILES string of the molecule is O=C(Nc1ccc(CO)cn1)c1ccc([N+](=O)[O-])cc1. The molecule has 0 spiro atoms. The number of amides is 1. The third kappa shape index (κ3) is 3.15. The smallest absolute Gasteiger partial charge is 0.269 e. The van der Waals surface area contributed by atoms with Gasteiger partial charge in [0.25, 0.3) is 11.6 Å². The van der Waals surface area contributed by atoms with Gasteiger partial charge in [-0.3, -0.25) is 14.9 Å². The molecule has 0 aliphatic heterocycles. The van der Waals surface area contributed by atoms with E-state index >= 15 is 0 Å². The summed E-state index contributed by atoms with van der Waals surface area (Å²) in [5.41, 5.74) is 0.856. The lowest BCUT2D eigenvalue weighted by Gasteiger charge is -2.04. The van der Waals surface area contributed by atoms with Crippen molar-refractivity contribution in [2.75, 3.05) is 5.32 Å². The van der Waals surface area contributed by atoms with Crippen molar-refractivity contribution >= 4 is 17.4 Å². The number of rotatable bonds is 4. The van der Waals surface area contributed by atoms with E-state index in [1.807, 2.05) is 0 Å². The summed E-state index contributed by atoms with van der Waals surface area (Å²) >= 11 is 0. The first-order valence-electron chi connectivity index (χ1n) is 5.72. The number of aliphatic hydroxyl groups is 1. The van der Waals surface area contributed by atoms with Gasteiger partial charge in [-0.1, -0.05) is 6.07 Å². The highest BCUT2D eigenvalue weighted by Gasteiger charge is 2.10. The summed E-state index contributed by atoms with van der Waals surface area (Å²) in [4.78, 5) is 25.8. The molecule has 1 amide bonds.